The molecule has 0 saturated carbocycles. The van der Waals surface area contributed by atoms with Gasteiger partial charge >= 0.3 is 0 Å². The molecule has 1 aromatic heterocycles. The lowest BCUT2D eigenvalue weighted by Crippen LogP contribution is -2.28. The molecular weight excluding hydrogens is 367 g/mol. The summed E-state index contributed by atoms with van der Waals surface area (Å²) in [5.41, 5.74) is 2.83. The molecule has 2 heterocycles. The van der Waals surface area contributed by atoms with E-state index < -0.39 is 0 Å². The minimum atomic E-state index is -0.338. The van der Waals surface area contributed by atoms with E-state index in [2.05, 4.69) is 5.10 Å². The van der Waals surface area contributed by atoms with Crippen molar-refractivity contribution in [2.75, 3.05) is 13.1 Å². The van der Waals surface area contributed by atoms with Gasteiger partial charge in [-0.05, 0) is 55.3 Å². The molecule has 1 aliphatic rings. The summed E-state index contributed by atoms with van der Waals surface area (Å²) < 4.78 is 15.1. The van der Waals surface area contributed by atoms with Gasteiger partial charge in [0.25, 0.3) is 5.91 Å². The number of amides is 1. The van der Waals surface area contributed by atoms with Crippen LogP contribution < -0.4 is 0 Å². The van der Waals surface area contributed by atoms with Gasteiger partial charge in [0.1, 0.15) is 17.5 Å². The predicted octanol–water partition coefficient (Wildman–Crippen LogP) is 4.21. The Kier molecular flexibility index (Phi) is 5.21. The Morgan fingerprint density at radius 1 is 1.07 bits per heavy atom. The lowest BCUT2D eigenvalue weighted by atomic mass is 10.1. The van der Waals surface area contributed by atoms with Crippen molar-refractivity contribution in [1.29, 1.82) is 5.26 Å². The van der Waals surface area contributed by atoms with Crippen molar-refractivity contribution >= 4 is 12.0 Å². The van der Waals surface area contributed by atoms with Gasteiger partial charge in [-0.3, -0.25) is 4.79 Å². The Labute approximate surface area is 168 Å². The standard InChI is InChI=1S/C23H19FN4O/c24-20-10-8-17(9-11-20)22-19(16-28(26-22)21-6-2-1-3-7-21)14-18(15-25)23(29)27-12-4-5-13-27/h1-3,6-11,14,16H,4-5,12-13H2/b18-14+. The van der Waals surface area contributed by atoms with Gasteiger partial charge in [-0.1, -0.05) is 18.2 Å². The topological polar surface area (TPSA) is 61.9 Å². The fraction of sp³-hybridized carbons (Fsp3) is 0.174. The van der Waals surface area contributed by atoms with Gasteiger partial charge in [0.05, 0.1) is 11.4 Å². The van der Waals surface area contributed by atoms with Crippen LogP contribution in [0, 0.1) is 17.1 Å². The molecule has 4 rings (SSSR count). The van der Waals surface area contributed by atoms with Crippen LogP contribution in [-0.2, 0) is 4.79 Å². The zero-order valence-electron chi connectivity index (χ0n) is 15.8. The van der Waals surface area contributed by atoms with Crippen molar-refractivity contribution in [1.82, 2.24) is 14.7 Å². The van der Waals surface area contributed by atoms with Gasteiger partial charge in [-0.2, -0.15) is 10.4 Å². The second kappa shape index (κ2) is 8.11. The number of carbonyl (C=O) groups is 1. The van der Waals surface area contributed by atoms with Crippen molar-refractivity contribution in [3.8, 4) is 23.0 Å². The van der Waals surface area contributed by atoms with Gasteiger partial charge < -0.3 is 4.90 Å². The molecule has 0 radical (unpaired) electrons. The summed E-state index contributed by atoms with van der Waals surface area (Å²) >= 11 is 0. The van der Waals surface area contributed by atoms with E-state index in [0.29, 0.717) is 29.9 Å². The van der Waals surface area contributed by atoms with Crippen molar-refractivity contribution < 1.29 is 9.18 Å². The number of nitriles is 1. The van der Waals surface area contributed by atoms with Gasteiger partial charge in [0, 0.05) is 30.4 Å². The van der Waals surface area contributed by atoms with E-state index >= 15 is 0 Å². The van der Waals surface area contributed by atoms with Crippen LogP contribution in [0.3, 0.4) is 0 Å². The summed E-state index contributed by atoms with van der Waals surface area (Å²) in [5.74, 6) is -0.599. The number of hydrogen-bond donors (Lipinski definition) is 0. The molecule has 1 aliphatic heterocycles. The fourth-order valence-electron chi connectivity index (χ4n) is 3.43. The lowest BCUT2D eigenvalue weighted by molar-refractivity contribution is -0.125. The maximum atomic E-state index is 13.4. The van der Waals surface area contributed by atoms with E-state index in [1.165, 1.54) is 12.1 Å². The number of para-hydroxylation sites is 1. The summed E-state index contributed by atoms with van der Waals surface area (Å²) in [6.45, 7) is 1.35. The number of nitrogens with zero attached hydrogens (tertiary/aromatic N) is 4. The van der Waals surface area contributed by atoms with Crippen LogP contribution in [-0.4, -0.2) is 33.7 Å². The molecule has 0 unspecified atom stereocenters. The minimum absolute atomic E-state index is 0.0721. The van der Waals surface area contributed by atoms with Gasteiger partial charge in [-0.15, -0.1) is 0 Å². The van der Waals surface area contributed by atoms with Gasteiger partial charge in [0.15, 0.2) is 0 Å². The van der Waals surface area contributed by atoms with Gasteiger partial charge in [0.2, 0.25) is 0 Å². The van der Waals surface area contributed by atoms with E-state index in [4.69, 9.17) is 0 Å². The molecule has 29 heavy (non-hydrogen) atoms. The molecule has 0 bridgehead atoms. The summed E-state index contributed by atoms with van der Waals surface area (Å²) in [6.07, 6.45) is 5.27. The van der Waals surface area contributed by atoms with E-state index in [0.717, 1.165) is 18.5 Å². The van der Waals surface area contributed by atoms with Crippen molar-refractivity contribution in [2.24, 2.45) is 0 Å². The normalized spacial score (nSPS) is 14.1. The van der Waals surface area contributed by atoms with Crippen LogP contribution in [0.4, 0.5) is 4.39 Å². The summed E-state index contributed by atoms with van der Waals surface area (Å²) in [4.78, 5) is 14.4. The van der Waals surface area contributed by atoms with Crippen molar-refractivity contribution in [3.63, 3.8) is 0 Å². The highest BCUT2D eigenvalue weighted by Crippen LogP contribution is 2.26. The molecule has 6 heteroatoms. The molecule has 0 aliphatic carbocycles. The Balaban J connectivity index is 1.80. The maximum Gasteiger partial charge on any atom is 0.264 e. The summed E-state index contributed by atoms with van der Waals surface area (Å²) in [5, 5.41) is 14.2. The lowest BCUT2D eigenvalue weighted by Gasteiger charge is -2.13. The maximum absolute atomic E-state index is 13.4. The Morgan fingerprint density at radius 2 is 1.76 bits per heavy atom. The number of rotatable bonds is 4. The summed E-state index contributed by atoms with van der Waals surface area (Å²) in [7, 11) is 0. The van der Waals surface area contributed by atoms with Crippen LogP contribution in [0.15, 0.2) is 66.4 Å². The first-order valence-electron chi connectivity index (χ1n) is 9.48. The van der Waals surface area contributed by atoms with E-state index in [9.17, 15) is 14.4 Å². The number of carbonyl (C=O) groups excluding carboxylic acids is 1. The first-order chi connectivity index (χ1) is 14.2. The van der Waals surface area contributed by atoms with Crippen LogP contribution >= 0.6 is 0 Å². The number of benzene rings is 2. The summed E-state index contributed by atoms with van der Waals surface area (Å²) in [6, 6.07) is 17.6. The molecule has 0 atom stereocenters. The van der Waals surface area contributed by atoms with E-state index in [1.807, 2.05) is 36.4 Å². The molecule has 3 aromatic rings. The number of halogens is 1. The third kappa shape index (κ3) is 3.94. The van der Waals surface area contributed by atoms with Crippen LogP contribution in [0.25, 0.3) is 23.0 Å². The average Bonchev–Trinajstić information content (AvgIpc) is 3.43. The third-order valence-corrected chi connectivity index (χ3v) is 4.92. The second-order valence-corrected chi connectivity index (χ2v) is 6.89. The quantitative estimate of drug-likeness (QED) is 0.498. The van der Waals surface area contributed by atoms with Crippen LogP contribution in [0.1, 0.15) is 18.4 Å². The monoisotopic (exact) mass is 386 g/mol. The highest BCUT2D eigenvalue weighted by molar-refractivity contribution is 6.02. The number of aromatic nitrogens is 2. The van der Waals surface area contributed by atoms with E-state index in [1.54, 1.807) is 34.0 Å². The minimum Gasteiger partial charge on any atom is -0.338 e. The molecular formula is C23H19FN4O. The van der Waals surface area contributed by atoms with E-state index in [-0.39, 0.29) is 17.3 Å². The largest absolute Gasteiger partial charge is 0.338 e. The Morgan fingerprint density at radius 3 is 2.41 bits per heavy atom. The molecule has 0 N–H and O–H groups in total. The SMILES string of the molecule is N#C/C(=C\c1cn(-c2ccccc2)nc1-c1ccc(F)cc1)C(=O)N1CCCC1. The Bertz CT molecular complexity index is 1090. The zero-order chi connectivity index (χ0) is 20.2. The zero-order valence-corrected chi connectivity index (χ0v) is 15.8. The van der Waals surface area contributed by atoms with Crippen molar-refractivity contribution in [2.45, 2.75) is 12.8 Å². The molecule has 2 aromatic carbocycles. The molecule has 1 fully saturated rings. The highest BCUT2D eigenvalue weighted by Gasteiger charge is 2.22. The highest BCUT2D eigenvalue weighted by atomic mass is 19.1. The first kappa shape index (κ1) is 18.6. The Hall–Kier alpha value is -3.72. The first-order valence-corrected chi connectivity index (χ1v) is 9.48. The van der Waals surface area contributed by atoms with Crippen LogP contribution in [0.5, 0.6) is 0 Å². The molecule has 1 amide bonds. The van der Waals surface area contributed by atoms with Gasteiger partial charge in [-0.25, -0.2) is 9.07 Å². The average molecular weight is 386 g/mol. The van der Waals surface area contributed by atoms with Crippen molar-refractivity contribution in [3.05, 3.63) is 77.7 Å². The predicted molar refractivity (Wildman–Crippen MR) is 108 cm³/mol. The molecule has 5 nitrogen and oxygen atoms in total. The smallest absolute Gasteiger partial charge is 0.264 e. The molecule has 144 valence electrons. The number of likely N-dealkylation sites (tertiary alicyclic amines) is 1. The number of hydrogen-bond acceptors (Lipinski definition) is 3. The third-order valence-electron chi connectivity index (χ3n) is 4.92. The molecule has 1 saturated heterocycles. The fourth-order valence-corrected chi connectivity index (χ4v) is 3.43. The second-order valence-electron chi connectivity index (χ2n) is 6.89. The molecule has 0 spiro atoms. The van der Waals surface area contributed by atoms with Crippen LogP contribution in [0.2, 0.25) is 0 Å².